The number of nitrogen functional groups attached to an aromatic ring is 2. The van der Waals surface area contributed by atoms with Gasteiger partial charge >= 0.3 is 0 Å². The number of hydrogen-bond acceptors (Lipinski definition) is 3. The summed E-state index contributed by atoms with van der Waals surface area (Å²) in [5, 5.41) is 0.518. The first-order chi connectivity index (χ1) is 7.65. The maximum absolute atomic E-state index is 5.81. The highest BCUT2D eigenvalue weighted by molar-refractivity contribution is 6.33. The van der Waals surface area contributed by atoms with E-state index in [0.29, 0.717) is 27.9 Å². The van der Waals surface area contributed by atoms with Gasteiger partial charge in [-0.25, -0.2) is 0 Å². The Hall–Kier alpha value is -1.87. The number of anilines is 2. The van der Waals surface area contributed by atoms with E-state index < -0.39 is 0 Å². The van der Waals surface area contributed by atoms with Crippen LogP contribution in [0.1, 0.15) is 0 Å². The average Bonchev–Trinajstić information content (AvgIpc) is 2.27. The van der Waals surface area contributed by atoms with Gasteiger partial charge < -0.3 is 16.2 Å². The van der Waals surface area contributed by atoms with Crippen LogP contribution < -0.4 is 16.2 Å². The van der Waals surface area contributed by atoms with E-state index in [2.05, 4.69) is 0 Å². The first-order valence-corrected chi connectivity index (χ1v) is 5.11. The highest BCUT2D eigenvalue weighted by atomic mass is 35.5. The van der Waals surface area contributed by atoms with Gasteiger partial charge in [0.15, 0.2) is 0 Å². The van der Waals surface area contributed by atoms with E-state index in [9.17, 15) is 0 Å². The molecule has 16 heavy (non-hydrogen) atoms. The van der Waals surface area contributed by atoms with Gasteiger partial charge in [-0.1, -0.05) is 11.6 Å². The van der Waals surface area contributed by atoms with Gasteiger partial charge in [-0.05, 0) is 36.4 Å². The van der Waals surface area contributed by atoms with Gasteiger partial charge in [-0.2, -0.15) is 0 Å². The van der Waals surface area contributed by atoms with Crippen LogP contribution in [-0.4, -0.2) is 0 Å². The fourth-order valence-electron chi connectivity index (χ4n) is 1.26. The van der Waals surface area contributed by atoms with Crippen LogP contribution in [0.2, 0.25) is 5.02 Å². The largest absolute Gasteiger partial charge is 0.457 e. The summed E-state index contributed by atoms with van der Waals surface area (Å²) in [6.45, 7) is 0. The second-order valence-corrected chi connectivity index (χ2v) is 3.76. The Labute approximate surface area is 98.6 Å². The highest BCUT2D eigenvalue weighted by Crippen LogP contribution is 2.27. The molecule has 0 spiro atoms. The second-order valence-electron chi connectivity index (χ2n) is 3.35. The Bertz CT molecular complexity index is 497. The average molecular weight is 235 g/mol. The molecule has 0 fully saturated rings. The highest BCUT2D eigenvalue weighted by Gasteiger charge is 2.00. The molecule has 0 saturated heterocycles. The summed E-state index contributed by atoms with van der Waals surface area (Å²) in [6, 6.07) is 12.3. The van der Waals surface area contributed by atoms with Crippen molar-refractivity contribution < 1.29 is 4.74 Å². The number of halogens is 1. The molecule has 0 aliphatic carbocycles. The molecular weight excluding hydrogens is 224 g/mol. The molecule has 2 rings (SSSR count). The number of hydrogen-bond donors (Lipinski definition) is 2. The summed E-state index contributed by atoms with van der Waals surface area (Å²) in [5.74, 6) is 1.35. The summed E-state index contributed by atoms with van der Waals surface area (Å²) in [7, 11) is 0. The van der Waals surface area contributed by atoms with Gasteiger partial charge in [-0.3, -0.25) is 0 Å². The lowest BCUT2D eigenvalue weighted by Crippen LogP contribution is -1.89. The van der Waals surface area contributed by atoms with Gasteiger partial charge in [-0.15, -0.1) is 0 Å². The SMILES string of the molecule is Nc1ccc(Oc2ccc(Cl)c(N)c2)cc1. The maximum atomic E-state index is 5.81. The molecule has 0 unspecified atom stereocenters. The summed E-state index contributed by atoms with van der Waals surface area (Å²) >= 11 is 5.81. The normalized spacial score (nSPS) is 10.1. The van der Waals surface area contributed by atoms with Crippen molar-refractivity contribution in [3.05, 3.63) is 47.5 Å². The van der Waals surface area contributed by atoms with Gasteiger partial charge in [0, 0.05) is 11.8 Å². The molecule has 0 amide bonds. The molecule has 4 heteroatoms. The Balaban J connectivity index is 2.20. The molecule has 0 aliphatic rings. The van der Waals surface area contributed by atoms with Crippen LogP contribution >= 0.6 is 11.6 Å². The molecule has 4 N–H and O–H groups in total. The first kappa shape index (κ1) is 10.6. The Morgan fingerprint density at radius 2 is 1.50 bits per heavy atom. The van der Waals surface area contributed by atoms with Crippen LogP contribution in [-0.2, 0) is 0 Å². The van der Waals surface area contributed by atoms with Gasteiger partial charge in [0.2, 0.25) is 0 Å². The van der Waals surface area contributed by atoms with Crippen molar-refractivity contribution in [1.29, 1.82) is 0 Å². The van der Waals surface area contributed by atoms with Crippen LogP contribution in [0.5, 0.6) is 11.5 Å². The lowest BCUT2D eigenvalue weighted by molar-refractivity contribution is 0.483. The van der Waals surface area contributed by atoms with Gasteiger partial charge in [0.1, 0.15) is 11.5 Å². The first-order valence-electron chi connectivity index (χ1n) is 4.73. The van der Waals surface area contributed by atoms with E-state index in [-0.39, 0.29) is 0 Å². The predicted molar refractivity (Wildman–Crippen MR) is 66.8 cm³/mol. The molecule has 2 aromatic rings. The molecule has 0 saturated carbocycles. The van der Waals surface area contributed by atoms with Crippen molar-refractivity contribution in [1.82, 2.24) is 0 Å². The molecule has 0 radical (unpaired) electrons. The lowest BCUT2D eigenvalue weighted by atomic mass is 10.3. The summed E-state index contributed by atoms with van der Waals surface area (Å²) < 4.78 is 5.57. The Morgan fingerprint density at radius 1 is 0.875 bits per heavy atom. The summed E-state index contributed by atoms with van der Waals surface area (Å²) in [5.41, 5.74) is 12.4. The Kier molecular flexibility index (Phi) is 2.88. The number of rotatable bonds is 2. The molecule has 3 nitrogen and oxygen atoms in total. The van der Waals surface area contributed by atoms with Crippen molar-refractivity contribution in [2.45, 2.75) is 0 Å². The quantitative estimate of drug-likeness (QED) is 0.784. The van der Waals surface area contributed by atoms with Gasteiger partial charge in [0.25, 0.3) is 0 Å². The van der Waals surface area contributed by atoms with E-state index >= 15 is 0 Å². The number of benzene rings is 2. The topological polar surface area (TPSA) is 61.3 Å². The third-order valence-corrected chi connectivity index (χ3v) is 2.43. The lowest BCUT2D eigenvalue weighted by Gasteiger charge is -2.07. The summed E-state index contributed by atoms with van der Waals surface area (Å²) in [4.78, 5) is 0. The van der Waals surface area contributed by atoms with Crippen LogP contribution in [0.4, 0.5) is 11.4 Å². The van der Waals surface area contributed by atoms with E-state index in [4.69, 9.17) is 27.8 Å². The van der Waals surface area contributed by atoms with Gasteiger partial charge in [0.05, 0.1) is 10.7 Å². The molecule has 0 atom stereocenters. The molecule has 2 aromatic carbocycles. The van der Waals surface area contributed by atoms with Crippen molar-refractivity contribution in [3.8, 4) is 11.5 Å². The molecule has 0 aromatic heterocycles. The third-order valence-electron chi connectivity index (χ3n) is 2.08. The van der Waals surface area contributed by atoms with Crippen molar-refractivity contribution in [3.63, 3.8) is 0 Å². The van der Waals surface area contributed by atoms with Crippen LogP contribution in [0.15, 0.2) is 42.5 Å². The van der Waals surface area contributed by atoms with Crippen molar-refractivity contribution in [2.75, 3.05) is 11.5 Å². The molecular formula is C12H11ClN2O. The number of ether oxygens (including phenoxy) is 1. The minimum absolute atomic E-state index is 0.495. The minimum atomic E-state index is 0.495. The smallest absolute Gasteiger partial charge is 0.129 e. The van der Waals surface area contributed by atoms with Crippen LogP contribution in [0, 0.1) is 0 Å². The van der Waals surface area contributed by atoms with Crippen LogP contribution in [0.3, 0.4) is 0 Å². The standard InChI is InChI=1S/C12H11ClN2O/c13-11-6-5-10(7-12(11)15)16-9-3-1-8(14)2-4-9/h1-7H,14-15H2. The Morgan fingerprint density at radius 3 is 2.12 bits per heavy atom. The fourth-order valence-corrected chi connectivity index (χ4v) is 1.37. The van der Waals surface area contributed by atoms with Crippen molar-refractivity contribution >= 4 is 23.0 Å². The van der Waals surface area contributed by atoms with E-state index in [0.717, 1.165) is 0 Å². The zero-order valence-electron chi connectivity index (χ0n) is 8.48. The molecule has 0 bridgehead atoms. The fraction of sp³-hybridized carbons (Fsp3) is 0. The molecule has 0 aliphatic heterocycles. The molecule has 0 heterocycles. The number of nitrogens with two attached hydrogens (primary N) is 2. The minimum Gasteiger partial charge on any atom is -0.457 e. The zero-order valence-corrected chi connectivity index (χ0v) is 9.24. The third kappa shape index (κ3) is 2.38. The van der Waals surface area contributed by atoms with E-state index in [1.807, 2.05) is 0 Å². The van der Waals surface area contributed by atoms with Crippen LogP contribution in [0.25, 0.3) is 0 Å². The predicted octanol–water partition coefficient (Wildman–Crippen LogP) is 3.30. The monoisotopic (exact) mass is 234 g/mol. The second kappa shape index (κ2) is 4.33. The molecule has 82 valence electrons. The zero-order chi connectivity index (χ0) is 11.5. The summed E-state index contributed by atoms with van der Waals surface area (Å²) in [6.07, 6.45) is 0. The maximum Gasteiger partial charge on any atom is 0.129 e. The van der Waals surface area contributed by atoms with E-state index in [1.54, 1.807) is 42.5 Å². The van der Waals surface area contributed by atoms with E-state index in [1.165, 1.54) is 0 Å². The van der Waals surface area contributed by atoms with Crippen molar-refractivity contribution in [2.24, 2.45) is 0 Å².